The highest BCUT2D eigenvalue weighted by Gasteiger charge is 2.17. The normalized spacial score (nSPS) is 11.1. The minimum atomic E-state index is -3.63. The molecule has 0 aliphatic carbocycles. The Hall–Kier alpha value is -3.32. The molecule has 6 nitrogen and oxygen atoms in total. The van der Waals surface area contributed by atoms with Crippen molar-refractivity contribution < 1.29 is 28.2 Å². The number of rotatable bonds is 5. The molecule has 0 fully saturated rings. The van der Waals surface area contributed by atoms with Crippen LogP contribution in [0.1, 0.15) is 15.9 Å². The van der Waals surface area contributed by atoms with Crippen LogP contribution >= 0.6 is 0 Å². The molecule has 0 unspecified atom stereocenters. The monoisotopic (exact) mass is 384 g/mol. The van der Waals surface area contributed by atoms with E-state index in [4.69, 9.17) is 9.84 Å². The number of sulfone groups is 1. The lowest BCUT2D eigenvalue weighted by Gasteiger charge is -2.09. The van der Waals surface area contributed by atoms with E-state index in [0.717, 1.165) is 5.56 Å². The molecule has 0 heterocycles. The van der Waals surface area contributed by atoms with Gasteiger partial charge in [-0.3, -0.25) is 0 Å². The van der Waals surface area contributed by atoms with Gasteiger partial charge < -0.3 is 14.9 Å². The maximum Gasteiger partial charge on any atom is 0.339 e. The van der Waals surface area contributed by atoms with Crippen molar-refractivity contribution in [3.8, 4) is 17.2 Å². The van der Waals surface area contributed by atoms with Gasteiger partial charge in [-0.25, -0.2) is 13.2 Å². The van der Waals surface area contributed by atoms with Crippen LogP contribution in [-0.2, 0) is 9.84 Å². The Morgan fingerprint density at radius 1 is 0.852 bits per heavy atom. The molecule has 3 aromatic rings. The Kier molecular flexibility index (Phi) is 4.87. The van der Waals surface area contributed by atoms with Gasteiger partial charge in [0.05, 0.1) is 9.79 Å². The Balaban J connectivity index is 1.82. The van der Waals surface area contributed by atoms with E-state index in [1.54, 1.807) is 24.3 Å². The average Bonchev–Trinajstić information content (AvgIpc) is 2.62. The topological polar surface area (TPSA) is 101 Å². The van der Waals surface area contributed by atoms with Crippen molar-refractivity contribution in [2.24, 2.45) is 0 Å². The molecule has 138 valence electrons. The largest absolute Gasteiger partial charge is 0.507 e. The molecular weight excluding hydrogens is 368 g/mol. The van der Waals surface area contributed by atoms with E-state index in [1.807, 2.05) is 6.92 Å². The third-order valence-electron chi connectivity index (χ3n) is 3.90. The van der Waals surface area contributed by atoms with E-state index in [0.29, 0.717) is 5.75 Å². The maximum atomic E-state index is 12.6. The molecule has 7 heteroatoms. The number of hydrogen-bond donors (Lipinski definition) is 2. The smallest absolute Gasteiger partial charge is 0.339 e. The molecule has 0 radical (unpaired) electrons. The van der Waals surface area contributed by atoms with Crippen LogP contribution in [0.4, 0.5) is 0 Å². The van der Waals surface area contributed by atoms with Gasteiger partial charge in [0.1, 0.15) is 22.8 Å². The van der Waals surface area contributed by atoms with Crippen molar-refractivity contribution in [2.75, 3.05) is 0 Å². The predicted octanol–water partition coefficient (Wildman–Crippen LogP) is 4.02. The number of carbonyl (C=O) groups is 1. The van der Waals surface area contributed by atoms with Gasteiger partial charge in [0.2, 0.25) is 9.84 Å². The van der Waals surface area contributed by atoms with Gasteiger partial charge in [-0.1, -0.05) is 17.7 Å². The number of phenols is 1. The van der Waals surface area contributed by atoms with Gasteiger partial charge in [-0.15, -0.1) is 0 Å². The number of hydrogen-bond acceptors (Lipinski definition) is 5. The van der Waals surface area contributed by atoms with Crippen LogP contribution in [0.25, 0.3) is 0 Å². The number of carboxylic acids is 1. The first-order valence-corrected chi connectivity index (χ1v) is 9.42. The predicted molar refractivity (Wildman–Crippen MR) is 98.2 cm³/mol. The number of aromatic hydroxyl groups is 1. The summed E-state index contributed by atoms with van der Waals surface area (Å²) in [5.41, 5.74) is 0.733. The van der Waals surface area contributed by atoms with Crippen LogP contribution in [-0.4, -0.2) is 24.6 Å². The quantitative estimate of drug-likeness (QED) is 0.689. The summed E-state index contributed by atoms with van der Waals surface area (Å²) in [4.78, 5) is 11.2. The fourth-order valence-electron chi connectivity index (χ4n) is 2.43. The second-order valence-electron chi connectivity index (χ2n) is 5.87. The third kappa shape index (κ3) is 3.93. The van der Waals surface area contributed by atoms with E-state index in [2.05, 4.69) is 0 Å². The van der Waals surface area contributed by atoms with E-state index in [1.165, 1.54) is 42.5 Å². The Morgan fingerprint density at radius 3 is 1.89 bits per heavy atom. The molecule has 3 aromatic carbocycles. The lowest BCUT2D eigenvalue weighted by molar-refractivity contribution is 0.0693. The van der Waals surface area contributed by atoms with Gasteiger partial charge in [0.25, 0.3) is 0 Å². The maximum absolute atomic E-state index is 12.6. The van der Waals surface area contributed by atoms with Gasteiger partial charge in [-0.2, -0.15) is 0 Å². The van der Waals surface area contributed by atoms with Gasteiger partial charge in [0, 0.05) is 6.07 Å². The molecule has 3 rings (SSSR count). The average molecular weight is 384 g/mol. The molecular formula is C20H16O6S. The Labute approximate surface area is 156 Å². The first-order valence-electron chi connectivity index (χ1n) is 7.93. The summed E-state index contributed by atoms with van der Waals surface area (Å²) in [6, 6.07) is 16.2. The summed E-state index contributed by atoms with van der Waals surface area (Å²) < 4.78 is 30.8. The summed E-state index contributed by atoms with van der Waals surface area (Å²) in [5, 5.41) is 18.6. The van der Waals surface area contributed by atoms with Crippen LogP contribution < -0.4 is 4.74 Å². The van der Waals surface area contributed by atoms with Crippen LogP contribution in [0.15, 0.2) is 76.5 Å². The SMILES string of the molecule is Cc1ccc(S(=O)(=O)c2ccc(Oc3ccc(C(=O)O)c(O)c3)cc2)cc1. The summed E-state index contributed by atoms with van der Waals surface area (Å²) in [5.74, 6) is -1.09. The molecule has 0 aliphatic heterocycles. The fourth-order valence-corrected chi connectivity index (χ4v) is 3.69. The molecule has 0 saturated heterocycles. The third-order valence-corrected chi connectivity index (χ3v) is 5.69. The van der Waals surface area contributed by atoms with Crippen molar-refractivity contribution in [3.05, 3.63) is 77.9 Å². The van der Waals surface area contributed by atoms with Crippen LogP contribution in [0.2, 0.25) is 0 Å². The molecule has 0 atom stereocenters. The number of aryl methyl sites for hydroxylation is 1. The van der Waals surface area contributed by atoms with Gasteiger partial charge in [0.15, 0.2) is 0 Å². The van der Waals surface area contributed by atoms with Crippen molar-refractivity contribution in [3.63, 3.8) is 0 Å². The standard InChI is InChI=1S/C20H16O6S/c1-13-2-7-16(8-3-13)27(24,25)17-9-4-14(5-10-17)26-15-6-11-18(20(22)23)19(21)12-15/h2-12,21H,1H3,(H,22,23). The van der Waals surface area contributed by atoms with E-state index in [-0.39, 0.29) is 21.1 Å². The zero-order valence-corrected chi connectivity index (χ0v) is 15.1. The van der Waals surface area contributed by atoms with Crippen LogP contribution in [0, 0.1) is 6.92 Å². The number of benzene rings is 3. The number of aromatic carboxylic acids is 1. The fraction of sp³-hybridized carbons (Fsp3) is 0.0500. The second kappa shape index (κ2) is 7.13. The summed E-state index contributed by atoms with van der Waals surface area (Å²) >= 11 is 0. The molecule has 27 heavy (non-hydrogen) atoms. The highest BCUT2D eigenvalue weighted by molar-refractivity contribution is 7.91. The summed E-state index contributed by atoms with van der Waals surface area (Å²) in [6.07, 6.45) is 0. The molecule has 0 spiro atoms. The van der Waals surface area contributed by atoms with Crippen molar-refractivity contribution >= 4 is 15.8 Å². The second-order valence-corrected chi connectivity index (χ2v) is 7.82. The van der Waals surface area contributed by atoms with Crippen molar-refractivity contribution in [1.82, 2.24) is 0 Å². The van der Waals surface area contributed by atoms with Crippen molar-refractivity contribution in [2.45, 2.75) is 16.7 Å². The first-order chi connectivity index (χ1) is 12.8. The summed E-state index contributed by atoms with van der Waals surface area (Å²) in [6.45, 7) is 1.88. The van der Waals surface area contributed by atoms with E-state index in [9.17, 15) is 18.3 Å². The number of ether oxygens (including phenoxy) is 1. The first kappa shape index (κ1) is 18.5. The number of carboxylic acid groups (broad SMARTS) is 1. The molecule has 2 N–H and O–H groups in total. The molecule has 0 aromatic heterocycles. The highest BCUT2D eigenvalue weighted by Crippen LogP contribution is 2.29. The van der Waals surface area contributed by atoms with Crippen molar-refractivity contribution in [1.29, 1.82) is 0 Å². The Morgan fingerprint density at radius 2 is 1.37 bits per heavy atom. The molecule has 0 bridgehead atoms. The molecule has 0 aliphatic rings. The lowest BCUT2D eigenvalue weighted by Crippen LogP contribution is -2.01. The van der Waals surface area contributed by atoms with Crippen LogP contribution in [0.3, 0.4) is 0 Å². The lowest BCUT2D eigenvalue weighted by atomic mass is 10.2. The van der Waals surface area contributed by atoms with E-state index < -0.39 is 21.6 Å². The summed E-state index contributed by atoms with van der Waals surface area (Å²) in [7, 11) is -3.63. The minimum absolute atomic E-state index is 0.128. The molecule has 0 saturated carbocycles. The Bertz CT molecular complexity index is 1080. The van der Waals surface area contributed by atoms with E-state index >= 15 is 0 Å². The zero-order chi connectivity index (χ0) is 19.6. The van der Waals surface area contributed by atoms with Gasteiger partial charge >= 0.3 is 5.97 Å². The highest BCUT2D eigenvalue weighted by atomic mass is 32.2. The van der Waals surface area contributed by atoms with Crippen LogP contribution in [0.5, 0.6) is 17.2 Å². The minimum Gasteiger partial charge on any atom is -0.507 e. The zero-order valence-electron chi connectivity index (χ0n) is 14.3. The van der Waals surface area contributed by atoms with Gasteiger partial charge in [-0.05, 0) is 55.5 Å². The molecule has 0 amide bonds.